The van der Waals surface area contributed by atoms with Crippen LogP contribution in [0.15, 0.2) is 42.6 Å². The number of carbonyl (C=O) groups excluding carboxylic acids is 1. The van der Waals surface area contributed by atoms with Crippen LogP contribution >= 0.6 is 0 Å². The fraction of sp³-hybridized carbons (Fsp3) is 0.294. The monoisotopic (exact) mass is 360 g/mol. The largest absolute Gasteiger partial charge is 0.356 e. The minimum atomic E-state index is -3.37. The van der Waals surface area contributed by atoms with Crippen molar-refractivity contribution in [3.8, 4) is 0 Å². The van der Waals surface area contributed by atoms with Crippen molar-refractivity contribution >= 4 is 33.1 Å². The molecule has 1 saturated heterocycles. The minimum absolute atomic E-state index is 0.272. The zero-order chi connectivity index (χ0) is 17.9. The van der Waals surface area contributed by atoms with Crippen molar-refractivity contribution in [2.75, 3.05) is 34.3 Å². The van der Waals surface area contributed by atoms with Gasteiger partial charge in [0.25, 0.3) is 5.91 Å². The summed E-state index contributed by atoms with van der Waals surface area (Å²) >= 11 is 0. The molecule has 0 aliphatic carbocycles. The zero-order valence-electron chi connectivity index (χ0n) is 13.9. The lowest BCUT2D eigenvalue weighted by Crippen LogP contribution is -2.24. The molecular formula is C17H20N4O3S. The Morgan fingerprint density at radius 3 is 2.56 bits per heavy atom. The van der Waals surface area contributed by atoms with E-state index in [2.05, 4.69) is 19.9 Å². The molecule has 0 saturated carbocycles. The molecule has 1 aliphatic rings. The van der Waals surface area contributed by atoms with E-state index in [1.54, 1.807) is 42.6 Å². The standard InChI is InChI=1S/C17H20N4O3S/c1-25(23,24)20-14-7-4-6-13(12-14)19-17(22)15-8-5-9-18-16(15)21-10-2-3-11-21/h4-9,12,20H,2-3,10-11H2,1H3,(H,19,22). The fourth-order valence-corrected chi connectivity index (χ4v) is 3.38. The van der Waals surface area contributed by atoms with Crippen molar-refractivity contribution in [3.63, 3.8) is 0 Å². The summed E-state index contributed by atoms with van der Waals surface area (Å²) in [6.07, 6.45) is 4.95. The number of hydrogen-bond donors (Lipinski definition) is 2. The Bertz CT molecular complexity index is 877. The highest BCUT2D eigenvalue weighted by atomic mass is 32.2. The lowest BCUT2D eigenvalue weighted by Gasteiger charge is -2.19. The van der Waals surface area contributed by atoms with E-state index in [9.17, 15) is 13.2 Å². The van der Waals surface area contributed by atoms with Crippen LogP contribution in [-0.2, 0) is 10.0 Å². The van der Waals surface area contributed by atoms with Gasteiger partial charge < -0.3 is 10.2 Å². The molecule has 1 aromatic carbocycles. The van der Waals surface area contributed by atoms with Crippen LogP contribution in [0.1, 0.15) is 23.2 Å². The van der Waals surface area contributed by atoms with Crippen LogP contribution in [0.4, 0.5) is 17.2 Å². The van der Waals surface area contributed by atoms with Gasteiger partial charge in [-0.25, -0.2) is 13.4 Å². The second-order valence-electron chi connectivity index (χ2n) is 5.98. The summed E-state index contributed by atoms with van der Waals surface area (Å²) in [5.41, 5.74) is 1.41. The number of nitrogens with zero attached hydrogens (tertiary/aromatic N) is 2. The Labute approximate surface area is 147 Å². The molecule has 132 valence electrons. The quantitative estimate of drug-likeness (QED) is 0.854. The highest BCUT2D eigenvalue weighted by Gasteiger charge is 2.20. The Hall–Kier alpha value is -2.61. The van der Waals surface area contributed by atoms with Crippen LogP contribution in [0, 0.1) is 0 Å². The van der Waals surface area contributed by atoms with Crippen molar-refractivity contribution < 1.29 is 13.2 Å². The number of anilines is 3. The van der Waals surface area contributed by atoms with Gasteiger partial charge in [0.1, 0.15) is 5.82 Å². The van der Waals surface area contributed by atoms with Gasteiger partial charge in [-0.2, -0.15) is 0 Å². The predicted molar refractivity (Wildman–Crippen MR) is 98.5 cm³/mol. The molecule has 2 heterocycles. The van der Waals surface area contributed by atoms with Crippen LogP contribution in [0.3, 0.4) is 0 Å². The lowest BCUT2D eigenvalue weighted by atomic mass is 10.2. The van der Waals surface area contributed by atoms with Crippen molar-refractivity contribution in [1.82, 2.24) is 4.98 Å². The smallest absolute Gasteiger partial charge is 0.259 e. The van der Waals surface area contributed by atoms with Crippen LogP contribution in [0.2, 0.25) is 0 Å². The third-order valence-electron chi connectivity index (χ3n) is 3.86. The summed E-state index contributed by atoms with van der Waals surface area (Å²) in [6.45, 7) is 1.79. The van der Waals surface area contributed by atoms with Gasteiger partial charge in [0, 0.05) is 25.0 Å². The van der Waals surface area contributed by atoms with Gasteiger partial charge in [-0.15, -0.1) is 0 Å². The first kappa shape index (κ1) is 17.2. The maximum absolute atomic E-state index is 12.7. The second-order valence-corrected chi connectivity index (χ2v) is 7.73. The van der Waals surface area contributed by atoms with Gasteiger partial charge in [-0.1, -0.05) is 6.07 Å². The Morgan fingerprint density at radius 1 is 1.12 bits per heavy atom. The summed E-state index contributed by atoms with van der Waals surface area (Å²) in [4.78, 5) is 19.1. The molecular weight excluding hydrogens is 340 g/mol. The van der Waals surface area contributed by atoms with Crippen LogP contribution in [0.25, 0.3) is 0 Å². The highest BCUT2D eigenvalue weighted by Crippen LogP contribution is 2.23. The number of sulfonamides is 1. The van der Waals surface area contributed by atoms with Crippen molar-refractivity contribution in [2.24, 2.45) is 0 Å². The van der Waals surface area contributed by atoms with Gasteiger partial charge in [-0.05, 0) is 43.2 Å². The van der Waals surface area contributed by atoms with Crippen LogP contribution in [0.5, 0.6) is 0 Å². The molecule has 7 nitrogen and oxygen atoms in total. The van der Waals surface area contributed by atoms with Crippen molar-refractivity contribution in [1.29, 1.82) is 0 Å². The van der Waals surface area contributed by atoms with Crippen LogP contribution < -0.4 is 14.9 Å². The second kappa shape index (κ2) is 7.10. The maximum Gasteiger partial charge on any atom is 0.259 e. The van der Waals surface area contributed by atoms with Crippen molar-refractivity contribution in [2.45, 2.75) is 12.8 Å². The SMILES string of the molecule is CS(=O)(=O)Nc1cccc(NC(=O)c2cccnc2N2CCCC2)c1. The lowest BCUT2D eigenvalue weighted by molar-refractivity contribution is 0.102. The molecule has 0 spiro atoms. The number of pyridine rings is 1. The van der Waals surface area contributed by atoms with Crippen LogP contribution in [-0.4, -0.2) is 38.7 Å². The maximum atomic E-state index is 12.7. The molecule has 25 heavy (non-hydrogen) atoms. The first-order chi connectivity index (χ1) is 11.9. The molecule has 0 radical (unpaired) electrons. The van der Waals surface area contributed by atoms with E-state index in [0.717, 1.165) is 32.2 Å². The molecule has 3 rings (SSSR count). The van der Waals surface area contributed by atoms with E-state index in [4.69, 9.17) is 0 Å². The molecule has 0 bridgehead atoms. The van der Waals surface area contributed by atoms with E-state index < -0.39 is 10.0 Å². The number of nitrogens with one attached hydrogen (secondary N) is 2. The van der Waals surface area contributed by atoms with E-state index in [-0.39, 0.29) is 5.91 Å². The summed E-state index contributed by atoms with van der Waals surface area (Å²) in [6, 6.07) is 10.1. The molecule has 0 atom stereocenters. The first-order valence-corrected chi connectivity index (χ1v) is 9.91. The number of hydrogen-bond acceptors (Lipinski definition) is 5. The number of amides is 1. The topological polar surface area (TPSA) is 91.4 Å². The molecule has 8 heteroatoms. The summed E-state index contributed by atoms with van der Waals surface area (Å²) < 4.78 is 25.1. The molecule has 1 fully saturated rings. The molecule has 1 aliphatic heterocycles. The van der Waals surface area contributed by atoms with Gasteiger partial charge >= 0.3 is 0 Å². The Morgan fingerprint density at radius 2 is 1.84 bits per heavy atom. The molecule has 1 aromatic heterocycles. The Balaban J connectivity index is 1.80. The third-order valence-corrected chi connectivity index (χ3v) is 4.47. The van der Waals surface area contributed by atoms with E-state index in [0.29, 0.717) is 22.8 Å². The number of aromatic nitrogens is 1. The summed E-state index contributed by atoms with van der Waals surface area (Å²) in [7, 11) is -3.37. The molecule has 0 unspecified atom stereocenters. The highest BCUT2D eigenvalue weighted by molar-refractivity contribution is 7.92. The number of carbonyl (C=O) groups is 1. The average molecular weight is 360 g/mol. The summed E-state index contributed by atoms with van der Waals surface area (Å²) in [5, 5.41) is 2.81. The van der Waals surface area contributed by atoms with E-state index >= 15 is 0 Å². The number of benzene rings is 1. The number of rotatable bonds is 5. The molecule has 2 aromatic rings. The zero-order valence-corrected chi connectivity index (χ0v) is 14.7. The fourth-order valence-electron chi connectivity index (χ4n) is 2.83. The van der Waals surface area contributed by atoms with Gasteiger partial charge in [0.15, 0.2) is 0 Å². The first-order valence-electron chi connectivity index (χ1n) is 8.01. The Kier molecular flexibility index (Phi) is 4.89. The minimum Gasteiger partial charge on any atom is -0.356 e. The van der Waals surface area contributed by atoms with Gasteiger partial charge in [0.05, 0.1) is 17.5 Å². The molecule has 2 N–H and O–H groups in total. The normalized spacial score (nSPS) is 14.4. The molecule has 1 amide bonds. The van der Waals surface area contributed by atoms with E-state index in [1.165, 1.54) is 0 Å². The summed E-state index contributed by atoms with van der Waals surface area (Å²) in [5.74, 6) is 0.412. The predicted octanol–water partition coefficient (Wildman–Crippen LogP) is 2.31. The van der Waals surface area contributed by atoms with Crippen molar-refractivity contribution in [3.05, 3.63) is 48.2 Å². The van der Waals surface area contributed by atoms with Gasteiger partial charge in [-0.3, -0.25) is 9.52 Å². The average Bonchev–Trinajstić information content (AvgIpc) is 3.08. The van der Waals surface area contributed by atoms with Gasteiger partial charge in [0.2, 0.25) is 10.0 Å². The van der Waals surface area contributed by atoms with E-state index in [1.807, 2.05) is 0 Å². The third kappa shape index (κ3) is 4.48.